The third-order valence-electron chi connectivity index (χ3n) is 6.23. The van der Waals surface area contributed by atoms with Crippen LogP contribution in [0.5, 0.6) is 5.75 Å². The summed E-state index contributed by atoms with van der Waals surface area (Å²) in [5, 5.41) is 13.6. The van der Waals surface area contributed by atoms with Crippen LogP contribution in [0.2, 0.25) is 0 Å². The Morgan fingerprint density at radius 3 is 2.66 bits per heavy atom. The monoisotopic (exact) mass is 438 g/mol. The minimum absolute atomic E-state index is 0.0736. The van der Waals surface area contributed by atoms with Crippen molar-refractivity contribution >= 4 is 22.8 Å². The SMILES string of the molecule is CCC(C(=O)O)n1c2c(c3cc(F)ccc31)CC(NC(=O)Cc1ccc(OC)cc1)CC2. The first-order valence-corrected chi connectivity index (χ1v) is 10.9. The number of halogens is 1. The molecular weight excluding hydrogens is 411 g/mol. The first kappa shape index (κ1) is 21.9. The molecule has 168 valence electrons. The summed E-state index contributed by atoms with van der Waals surface area (Å²) in [4.78, 5) is 24.5. The van der Waals surface area contributed by atoms with Gasteiger partial charge in [-0.3, -0.25) is 4.79 Å². The molecule has 7 heteroatoms. The smallest absolute Gasteiger partial charge is 0.326 e. The molecule has 1 heterocycles. The quantitative estimate of drug-likeness (QED) is 0.583. The van der Waals surface area contributed by atoms with Crippen molar-refractivity contribution in [1.29, 1.82) is 0 Å². The Bertz CT molecular complexity index is 1150. The van der Waals surface area contributed by atoms with Gasteiger partial charge in [-0.15, -0.1) is 0 Å². The fraction of sp³-hybridized carbons (Fsp3) is 0.360. The van der Waals surface area contributed by atoms with E-state index in [1.165, 1.54) is 12.1 Å². The third-order valence-corrected chi connectivity index (χ3v) is 6.23. The molecule has 2 N–H and O–H groups in total. The van der Waals surface area contributed by atoms with E-state index in [0.717, 1.165) is 33.5 Å². The Labute approximate surface area is 186 Å². The van der Waals surface area contributed by atoms with E-state index >= 15 is 0 Å². The lowest BCUT2D eigenvalue weighted by Crippen LogP contribution is -2.40. The number of fused-ring (bicyclic) bond motifs is 3. The summed E-state index contributed by atoms with van der Waals surface area (Å²) in [5.74, 6) is -0.585. The summed E-state index contributed by atoms with van der Waals surface area (Å²) in [7, 11) is 1.60. The average molecular weight is 438 g/mol. The number of carboxylic acid groups (broad SMARTS) is 1. The molecule has 0 aliphatic heterocycles. The van der Waals surface area contributed by atoms with Gasteiger partial charge >= 0.3 is 5.97 Å². The molecule has 1 aliphatic rings. The lowest BCUT2D eigenvalue weighted by Gasteiger charge is -2.26. The van der Waals surface area contributed by atoms with Gasteiger partial charge in [0.2, 0.25) is 5.91 Å². The number of hydrogen-bond donors (Lipinski definition) is 2. The van der Waals surface area contributed by atoms with Crippen LogP contribution in [-0.2, 0) is 28.9 Å². The number of ether oxygens (including phenoxy) is 1. The third kappa shape index (κ3) is 4.20. The van der Waals surface area contributed by atoms with Gasteiger partial charge in [0.15, 0.2) is 0 Å². The summed E-state index contributed by atoms with van der Waals surface area (Å²) >= 11 is 0. The topological polar surface area (TPSA) is 80.6 Å². The number of carboxylic acids is 1. The number of nitrogens with one attached hydrogen (secondary N) is 1. The number of benzene rings is 2. The molecule has 2 aromatic carbocycles. The zero-order valence-corrected chi connectivity index (χ0v) is 18.2. The molecule has 3 aromatic rings. The highest BCUT2D eigenvalue weighted by Gasteiger charge is 2.30. The first-order valence-electron chi connectivity index (χ1n) is 10.9. The van der Waals surface area contributed by atoms with Crippen LogP contribution in [0.3, 0.4) is 0 Å². The molecule has 0 saturated heterocycles. The van der Waals surface area contributed by atoms with E-state index in [2.05, 4.69) is 5.32 Å². The van der Waals surface area contributed by atoms with Crippen molar-refractivity contribution in [2.45, 2.75) is 51.1 Å². The normalized spacial score (nSPS) is 16.4. The van der Waals surface area contributed by atoms with Crippen LogP contribution in [0.25, 0.3) is 10.9 Å². The van der Waals surface area contributed by atoms with Gasteiger partial charge in [0.1, 0.15) is 17.6 Å². The Morgan fingerprint density at radius 2 is 2.00 bits per heavy atom. The Hall–Kier alpha value is -3.35. The van der Waals surface area contributed by atoms with Crippen molar-refractivity contribution in [2.75, 3.05) is 7.11 Å². The van der Waals surface area contributed by atoms with Crippen molar-refractivity contribution < 1.29 is 23.8 Å². The van der Waals surface area contributed by atoms with E-state index in [0.29, 0.717) is 25.7 Å². The second-order valence-corrected chi connectivity index (χ2v) is 8.25. The number of aliphatic carboxylic acids is 1. The molecule has 0 radical (unpaired) electrons. The zero-order valence-electron chi connectivity index (χ0n) is 18.2. The first-order chi connectivity index (χ1) is 15.4. The van der Waals surface area contributed by atoms with Gasteiger partial charge < -0.3 is 19.7 Å². The molecule has 1 amide bonds. The van der Waals surface area contributed by atoms with Gasteiger partial charge in [-0.25, -0.2) is 9.18 Å². The minimum Gasteiger partial charge on any atom is -0.497 e. The lowest BCUT2D eigenvalue weighted by molar-refractivity contribution is -0.141. The number of amides is 1. The van der Waals surface area contributed by atoms with Gasteiger partial charge in [-0.2, -0.15) is 0 Å². The second kappa shape index (κ2) is 9.02. The van der Waals surface area contributed by atoms with Crippen LogP contribution < -0.4 is 10.1 Å². The molecule has 0 bridgehead atoms. The Morgan fingerprint density at radius 1 is 1.25 bits per heavy atom. The van der Waals surface area contributed by atoms with Gasteiger partial charge in [0.05, 0.1) is 13.5 Å². The zero-order chi connectivity index (χ0) is 22.8. The summed E-state index contributed by atoms with van der Waals surface area (Å²) in [6, 6.07) is 11.1. The fourth-order valence-corrected chi connectivity index (χ4v) is 4.72. The molecule has 0 saturated carbocycles. The molecule has 6 nitrogen and oxygen atoms in total. The van der Waals surface area contributed by atoms with Crippen LogP contribution >= 0.6 is 0 Å². The predicted octanol–water partition coefficient (Wildman–Crippen LogP) is 4.04. The lowest BCUT2D eigenvalue weighted by atomic mass is 9.91. The maximum atomic E-state index is 14.1. The Kier molecular flexibility index (Phi) is 6.17. The van der Waals surface area contributed by atoms with Gasteiger partial charge in [0, 0.05) is 22.6 Å². The largest absolute Gasteiger partial charge is 0.497 e. The highest BCUT2D eigenvalue weighted by molar-refractivity contribution is 5.88. The fourth-order valence-electron chi connectivity index (χ4n) is 4.72. The van der Waals surface area contributed by atoms with E-state index in [1.54, 1.807) is 13.2 Å². The van der Waals surface area contributed by atoms with Crippen molar-refractivity contribution in [3.05, 3.63) is 65.1 Å². The molecule has 0 fully saturated rings. The van der Waals surface area contributed by atoms with E-state index in [-0.39, 0.29) is 24.2 Å². The molecule has 2 atom stereocenters. The van der Waals surface area contributed by atoms with E-state index < -0.39 is 12.0 Å². The van der Waals surface area contributed by atoms with E-state index in [1.807, 2.05) is 35.8 Å². The number of hydrogen-bond acceptors (Lipinski definition) is 3. The minimum atomic E-state index is -0.897. The van der Waals surface area contributed by atoms with E-state index in [9.17, 15) is 19.1 Å². The molecule has 32 heavy (non-hydrogen) atoms. The second-order valence-electron chi connectivity index (χ2n) is 8.25. The summed E-state index contributed by atoms with van der Waals surface area (Å²) < 4.78 is 21.1. The number of rotatable bonds is 7. The molecule has 0 spiro atoms. The number of nitrogens with zero attached hydrogens (tertiary/aromatic N) is 1. The molecule has 4 rings (SSSR count). The average Bonchev–Trinajstić information content (AvgIpc) is 3.07. The maximum absolute atomic E-state index is 14.1. The van der Waals surface area contributed by atoms with Crippen molar-refractivity contribution in [3.63, 3.8) is 0 Å². The number of methoxy groups -OCH3 is 1. The molecule has 2 unspecified atom stereocenters. The predicted molar refractivity (Wildman–Crippen MR) is 120 cm³/mol. The molecular formula is C25H27FN2O4. The van der Waals surface area contributed by atoms with Gasteiger partial charge in [-0.1, -0.05) is 19.1 Å². The Balaban J connectivity index is 1.57. The standard InChI is InChI=1S/C25H27FN2O4/c1-3-21(25(30)31)28-22-10-6-16(26)13-19(22)20-14-17(7-11-23(20)28)27-24(29)12-15-4-8-18(32-2)9-5-15/h4-6,8-10,13,17,21H,3,7,11-12,14H2,1-2H3,(H,27,29)(H,30,31). The van der Waals surface area contributed by atoms with Crippen molar-refractivity contribution in [2.24, 2.45) is 0 Å². The molecule has 1 aromatic heterocycles. The van der Waals surface area contributed by atoms with Crippen LogP contribution in [0.1, 0.15) is 42.6 Å². The van der Waals surface area contributed by atoms with E-state index in [4.69, 9.17) is 4.74 Å². The highest BCUT2D eigenvalue weighted by atomic mass is 19.1. The number of carbonyl (C=O) groups excluding carboxylic acids is 1. The van der Waals surface area contributed by atoms with Gasteiger partial charge in [0.25, 0.3) is 0 Å². The van der Waals surface area contributed by atoms with Crippen LogP contribution in [0.15, 0.2) is 42.5 Å². The number of carbonyl (C=O) groups is 2. The van der Waals surface area contributed by atoms with Crippen LogP contribution in [0.4, 0.5) is 4.39 Å². The summed E-state index contributed by atoms with van der Waals surface area (Å²) in [6.45, 7) is 1.84. The van der Waals surface area contributed by atoms with Crippen molar-refractivity contribution in [1.82, 2.24) is 9.88 Å². The van der Waals surface area contributed by atoms with Crippen LogP contribution in [0, 0.1) is 5.82 Å². The van der Waals surface area contributed by atoms with Crippen molar-refractivity contribution in [3.8, 4) is 5.75 Å². The maximum Gasteiger partial charge on any atom is 0.326 e. The number of aromatic nitrogens is 1. The molecule has 1 aliphatic carbocycles. The van der Waals surface area contributed by atoms with Crippen LogP contribution in [-0.4, -0.2) is 34.7 Å². The summed E-state index contributed by atoms with van der Waals surface area (Å²) in [5.41, 5.74) is 3.49. The summed E-state index contributed by atoms with van der Waals surface area (Å²) in [6.07, 6.45) is 2.58. The highest BCUT2D eigenvalue weighted by Crippen LogP contribution is 2.36. The van der Waals surface area contributed by atoms with Gasteiger partial charge in [-0.05, 0) is 67.1 Å².